The van der Waals surface area contributed by atoms with Crippen molar-refractivity contribution in [3.8, 4) is 0 Å². The summed E-state index contributed by atoms with van der Waals surface area (Å²) in [5.41, 5.74) is 0. The van der Waals surface area contributed by atoms with Crippen LogP contribution in [-0.4, -0.2) is 65.7 Å². The second-order valence-corrected chi connectivity index (χ2v) is 15.4. The maximum absolute atomic E-state index is 12.6. The van der Waals surface area contributed by atoms with Crippen LogP contribution in [0.15, 0.2) is 85.1 Å². The van der Waals surface area contributed by atoms with E-state index in [0.29, 0.717) is 12.8 Å². The highest BCUT2D eigenvalue weighted by Gasteiger charge is 2.27. The van der Waals surface area contributed by atoms with Gasteiger partial charge in [0, 0.05) is 12.8 Å². The van der Waals surface area contributed by atoms with Gasteiger partial charge in [-0.25, -0.2) is 4.57 Å². The van der Waals surface area contributed by atoms with Crippen molar-refractivity contribution in [3.05, 3.63) is 85.1 Å². The third kappa shape index (κ3) is 41.1. The lowest BCUT2D eigenvalue weighted by atomic mass is 10.1. The van der Waals surface area contributed by atoms with Gasteiger partial charge in [-0.05, 0) is 83.5 Å². The molecule has 0 heterocycles. The van der Waals surface area contributed by atoms with Gasteiger partial charge >= 0.3 is 19.8 Å². The maximum Gasteiger partial charge on any atom is 0.472 e. The Labute approximate surface area is 345 Å². The number of carbonyl (C=O) groups is 2. The van der Waals surface area contributed by atoms with Gasteiger partial charge in [-0.2, -0.15) is 0 Å². The van der Waals surface area contributed by atoms with Crippen molar-refractivity contribution in [2.75, 3.05) is 26.4 Å². The van der Waals surface area contributed by atoms with Crippen LogP contribution in [-0.2, 0) is 32.7 Å². The molecule has 0 spiro atoms. The number of carbonyl (C=O) groups excluding carboxylic acids is 2. The van der Waals surface area contributed by atoms with Crippen LogP contribution in [0.2, 0.25) is 0 Å². The van der Waals surface area contributed by atoms with E-state index in [1.54, 1.807) is 0 Å². The first kappa shape index (κ1) is 54.2. The number of phosphoric ester groups is 1. The number of esters is 2. The summed E-state index contributed by atoms with van der Waals surface area (Å²) in [4.78, 5) is 35.0. The minimum absolute atomic E-state index is 0.159. The second-order valence-electron chi connectivity index (χ2n) is 14.0. The zero-order valence-corrected chi connectivity index (χ0v) is 36.2. The minimum Gasteiger partial charge on any atom is -0.462 e. The molecule has 0 aliphatic carbocycles. The van der Waals surface area contributed by atoms with Crippen molar-refractivity contribution >= 4 is 19.8 Å². The molecule has 0 aromatic heterocycles. The number of unbranched alkanes of at least 4 members (excludes halogenated alkanes) is 11. The van der Waals surface area contributed by atoms with Crippen LogP contribution in [0, 0.1) is 0 Å². The van der Waals surface area contributed by atoms with Crippen molar-refractivity contribution in [2.45, 2.75) is 167 Å². The highest BCUT2D eigenvalue weighted by molar-refractivity contribution is 7.47. The van der Waals surface area contributed by atoms with Crippen LogP contribution in [0.5, 0.6) is 0 Å². The van der Waals surface area contributed by atoms with Crippen molar-refractivity contribution in [2.24, 2.45) is 0 Å². The minimum atomic E-state index is -4.63. The van der Waals surface area contributed by atoms with E-state index in [9.17, 15) is 24.2 Å². The van der Waals surface area contributed by atoms with Gasteiger partial charge in [-0.3, -0.25) is 18.6 Å². The first-order valence-corrected chi connectivity index (χ1v) is 23.0. The molecule has 0 bridgehead atoms. The second kappa shape index (κ2) is 41.3. The summed E-state index contributed by atoms with van der Waals surface area (Å²) in [6.07, 6.45) is 48.3. The molecule has 0 aliphatic rings. The van der Waals surface area contributed by atoms with E-state index in [1.807, 2.05) is 0 Å². The number of hydrogen-bond acceptors (Lipinski definition) is 9. The van der Waals surface area contributed by atoms with Crippen molar-refractivity contribution in [1.82, 2.24) is 0 Å². The van der Waals surface area contributed by atoms with Gasteiger partial charge in [-0.1, -0.05) is 144 Å². The fourth-order valence-corrected chi connectivity index (χ4v) is 6.08. The van der Waals surface area contributed by atoms with Gasteiger partial charge in [0.15, 0.2) is 6.10 Å². The highest BCUT2D eigenvalue weighted by atomic mass is 31.2. The first-order valence-electron chi connectivity index (χ1n) is 21.5. The lowest BCUT2D eigenvalue weighted by molar-refractivity contribution is -0.161. The Morgan fingerprint density at radius 1 is 0.526 bits per heavy atom. The largest absolute Gasteiger partial charge is 0.472 e. The van der Waals surface area contributed by atoms with E-state index < -0.39 is 51.8 Å². The third-order valence-corrected chi connectivity index (χ3v) is 9.50. The summed E-state index contributed by atoms with van der Waals surface area (Å²) in [6.45, 7) is 2.10. The number of hydrogen-bond donors (Lipinski definition) is 3. The lowest BCUT2D eigenvalue weighted by Gasteiger charge is -2.20. The lowest BCUT2D eigenvalue weighted by Crippen LogP contribution is -2.29. The zero-order valence-electron chi connectivity index (χ0n) is 35.3. The summed E-state index contributed by atoms with van der Waals surface area (Å²) < 4.78 is 32.7. The maximum atomic E-state index is 12.6. The summed E-state index contributed by atoms with van der Waals surface area (Å²) in [7, 11) is -4.63. The van der Waals surface area contributed by atoms with E-state index in [2.05, 4.69) is 103 Å². The quantitative estimate of drug-likeness (QED) is 0.0237. The predicted octanol–water partition coefficient (Wildman–Crippen LogP) is 11.4. The first-order chi connectivity index (χ1) is 27.7. The number of rotatable bonds is 39. The number of aliphatic hydroxyl groups is 2. The van der Waals surface area contributed by atoms with Crippen LogP contribution in [0.1, 0.15) is 155 Å². The summed E-state index contributed by atoms with van der Waals surface area (Å²) >= 11 is 0. The van der Waals surface area contributed by atoms with Crippen LogP contribution < -0.4 is 0 Å². The molecule has 10 nitrogen and oxygen atoms in total. The van der Waals surface area contributed by atoms with Crippen molar-refractivity contribution in [3.63, 3.8) is 0 Å². The van der Waals surface area contributed by atoms with E-state index >= 15 is 0 Å². The molecule has 0 amide bonds. The summed E-state index contributed by atoms with van der Waals surface area (Å²) in [5, 5.41) is 18.3. The Hall–Kier alpha value is -2.85. The van der Waals surface area contributed by atoms with Crippen LogP contribution in [0.25, 0.3) is 0 Å². The molecule has 11 heteroatoms. The molecular formula is C46H77O10P. The molecule has 0 aliphatic heterocycles. The molecule has 57 heavy (non-hydrogen) atoms. The molecule has 0 aromatic carbocycles. The number of ether oxygens (including phenoxy) is 2. The van der Waals surface area contributed by atoms with Crippen LogP contribution >= 0.6 is 7.82 Å². The summed E-state index contributed by atoms with van der Waals surface area (Å²) in [6, 6.07) is 0. The molecule has 0 saturated carbocycles. The summed E-state index contributed by atoms with van der Waals surface area (Å²) in [5.74, 6) is -0.969. The zero-order chi connectivity index (χ0) is 41.9. The van der Waals surface area contributed by atoms with Gasteiger partial charge in [0.05, 0.1) is 19.8 Å². The Morgan fingerprint density at radius 2 is 0.912 bits per heavy atom. The Balaban J connectivity index is 4.36. The standard InChI is InChI=1S/C46H77O10P/c1-3-5-7-9-11-13-15-17-19-20-21-22-24-26-28-30-32-34-36-38-46(50)56-44(42-55-57(51,52)54-40-43(48)39-47)41-53-45(49)37-35-33-31-29-27-25-23-18-16-14-12-10-8-6-4-2/h5-8,11-14,17-19,21-23,43-44,47-48H,3-4,9-10,15-16,20,24-42H2,1-2H3,(H,51,52)/b7-5-,8-6-,13-11-,14-12-,19-17-,22-21-,23-18-. The Kier molecular flexibility index (Phi) is 39.2. The monoisotopic (exact) mass is 821 g/mol. The molecular weight excluding hydrogens is 743 g/mol. The van der Waals surface area contributed by atoms with E-state index in [-0.39, 0.29) is 19.4 Å². The van der Waals surface area contributed by atoms with Crippen molar-refractivity contribution < 1.29 is 47.8 Å². The number of aliphatic hydroxyl groups excluding tert-OH is 2. The average Bonchev–Trinajstić information content (AvgIpc) is 3.20. The van der Waals surface area contributed by atoms with E-state index in [0.717, 1.165) is 116 Å². The fraction of sp³-hybridized carbons (Fsp3) is 0.652. The molecule has 0 saturated heterocycles. The van der Waals surface area contributed by atoms with Crippen LogP contribution in [0.3, 0.4) is 0 Å². The Morgan fingerprint density at radius 3 is 1.37 bits per heavy atom. The molecule has 326 valence electrons. The predicted molar refractivity (Wildman–Crippen MR) is 233 cm³/mol. The normalized spacial score (nSPS) is 14.7. The SMILES string of the molecule is CC/C=C\C/C=C\C/C=C\C/C=C\CCCCCCCCC(=O)OC(COC(=O)CCCCCCC/C=C\C/C=C\C/C=C\CC)COP(=O)(O)OCC(O)CO. The molecule has 3 atom stereocenters. The third-order valence-electron chi connectivity index (χ3n) is 8.54. The number of allylic oxidation sites excluding steroid dienone is 14. The van der Waals surface area contributed by atoms with Crippen molar-refractivity contribution in [1.29, 1.82) is 0 Å². The molecule has 0 rings (SSSR count). The fourth-order valence-electron chi connectivity index (χ4n) is 5.29. The molecule has 3 N–H and O–H groups in total. The topological polar surface area (TPSA) is 149 Å². The van der Waals surface area contributed by atoms with Gasteiger partial charge in [0.1, 0.15) is 12.7 Å². The van der Waals surface area contributed by atoms with E-state index in [4.69, 9.17) is 19.1 Å². The van der Waals surface area contributed by atoms with Crippen LogP contribution in [0.4, 0.5) is 0 Å². The van der Waals surface area contributed by atoms with E-state index in [1.165, 1.54) is 0 Å². The smallest absolute Gasteiger partial charge is 0.462 e. The van der Waals surface area contributed by atoms with Gasteiger partial charge in [0.2, 0.25) is 0 Å². The van der Waals surface area contributed by atoms with Gasteiger partial charge < -0.3 is 24.6 Å². The molecule has 0 radical (unpaired) electrons. The Bertz CT molecular complexity index is 1220. The average molecular weight is 821 g/mol. The molecule has 3 unspecified atom stereocenters. The highest BCUT2D eigenvalue weighted by Crippen LogP contribution is 2.43. The number of phosphoric acid groups is 1. The van der Waals surface area contributed by atoms with Gasteiger partial charge in [0.25, 0.3) is 0 Å². The van der Waals surface area contributed by atoms with Gasteiger partial charge in [-0.15, -0.1) is 0 Å². The molecule has 0 fully saturated rings. The molecule has 0 aromatic rings.